The summed E-state index contributed by atoms with van der Waals surface area (Å²) in [5.74, 6) is 1.33. The van der Waals surface area contributed by atoms with Crippen molar-refractivity contribution in [2.24, 2.45) is 0 Å². The Morgan fingerprint density at radius 3 is 2.30 bits per heavy atom. The molecule has 1 N–H and O–H groups in total. The maximum Gasteiger partial charge on any atom is 0.126 e. The van der Waals surface area contributed by atoms with Gasteiger partial charge in [-0.2, -0.15) is 0 Å². The SMILES string of the molecule is COc1ccc(C(O)c2ccc(Cl)cc2OC)c(C)c1. The molecule has 0 aliphatic rings. The van der Waals surface area contributed by atoms with E-state index in [-0.39, 0.29) is 0 Å². The van der Waals surface area contributed by atoms with Crippen LogP contribution in [-0.2, 0) is 0 Å². The number of rotatable bonds is 4. The van der Waals surface area contributed by atoms with Crippen molar-refractivity contribution in [1.82, 2.24) is 0 Å². The van der Waals surface area contributed by atoms with E-state index in [2.05, 4.69) is 0 Å². The van der Waals surface area contributed by atoms with Crippen molar-refractivity contribution >= 4 is 11.6 Å². The third kappa shape index (κ3) is 2.89. The molecule has 0 bridgehead atoms. The molecule has 0 aliphatic carbocycles. The molecule has 2 rings (SSSR count). The molecule has 4 heteroatoms. The molecule has 0 saturated heterocycles. The molecule has 3 nitrogen and oxygen atoms in total. The molecular formula is C16H17ClO3. The number of hydrogen-bond donors (Lipinski definition) is 1. The van der Waals surface area contributed by atoms with E-state index in [1.165, 1.54) is 0 Å². The van der Waals surface area contributed by atoms with E-state index in [0.29, 0.717) is 16.3 Å². The summed E-state index contributed by atoms with van der Waals surface area (Å²) in [7, 11) is 3.18. The quantitative estimate of drug-likeness (QED) is 0.933. The van der Waals surface area contributed by atoms with Gasteiger partial charge in [0.25, 0.3) is 0 Å². The second-order valence-corrected chi connectivity index (χ2v) is 4.95. The lowest BCUT2D eigenvalue weighted by atomic mass is 9.96. The fourth-order valence-electron chi connectivity index (χ4n) is 2.16. The minimum Gasteiger partial charge on any atom is -0.497 e. The molecule has 20 heavy (non-hydrogen) atoms. The van der Waals surface area contributed by atoms with E-state index in [9.17, 15) is 5.11 Å². The number of aliphatic hydroxyl groups excluding tert-OH is 1. The van der Waals surface area contributed by atoms with Crippen LogP contribution in [0.3, 0.4) is 0 Å². The van der Waals surface area contributed by atoms with Crippen LogP contribution in [0.15, 0.2) is 36.4 Å². The van der Waals surface area contributed by atoms with Gasteiger partial charge in [-0.15, -0.1) is 0 Å². The number of hydrogen-bond acceptors (Lipinski definition) is 3. The maximum atomic E-state index is 10.6. The first-order valence-electron chi connectivity index (χ1n) is 6.23. The second kappa shape index (κ2) is 6.16. The van der Waals surface area contributed by atoms with Crippen molar-refractivity contribution in [2.45, 2.75) is 13.0 Å². The summed E-state index contributed by atoms with van der Waals surface area (Å²) >= 11 is 5.94. The predicted molar refractivity (Wildman–Crippen MR) is 79.8 cm³/mol. The lowest BCUT2D eigenvalue weighted by Gasteiger charge is -2.18. The molecule has 2 aromatic rings. The predicted octanol–water partition coefficient (Wildman–Crippen LogP) is 3.75. The molecule has 1 atom stereocenters. The molecule has 0 aliphatic heterocycles. The number of benzene rings is 2. The Balaban J connectivity index is 2.43. The first kappa shape index (κ1) is 14.7. The van der Waals surface area contributed by atoms with Crippen molar-refractivity contribution in [3.8, 4) is 11.5 Å². The number of halogens is 1. The number of aryl methyl sites for hydroxylation is 1. The zero-order chi connectivity index (χ0) is 14.7. The first-order chi connectivity index (χ1) is 9.56. The van der Waals surface area contributed by atoms with Crippen molar-refractivity contribution in [1.29, 1.82) is 0 Å². The van der Waals surface area contributed by atoms with Gasteiger partial charge in [-0.1, -0.05) is 23.7 Å². The minimum absolute atomic E-state index is 0.570. The van der Waals surface area contributed by atoms with Crippen LogP contribution in [0.4, 0.5) is 0 Å². The zero-order valence-electron chi connectivity index (χ0n) is 11.7. The van der Waals surface area contributed by atoms with Crippen LogP contribution in [0, 0.1) is 6.92 Å². The van der Waals surface area contributed by atoms with E-state index >= 15 is 0 Å². The highest BCUT2D eigenvalue weighted by Crippen LogP contribution is 2.34. The van der Waals surface area contributed by atoms with Crippen LogP contribution in [0.25, 0.3) is 0 Å². The van der Waals surface area contributed by atoms with Crippen LogP contribution >= 0.6 is 11.6 Å². The van der Waals surface area contributed by atoms with Crippen molar-refractivity contribution in [3.05, 3.63) is 58.1 Å². The van der Waals surface area contributed by atoms with Crippen LogP contribution in [0.5, 0.6) is 11.5 Å². The van der Waals surface area contributed by atoms with Crippen LogP contribution in [0.1, 0.15) is 22.8 Å². The Morgan fingerprint density at radius 1 is 1.00 bits per heavy atom. The Morgan fingerprint density at radius 2 is 1.70 bits per heavy atom. The monoisotopic (exact) mass is 292 g/mol. The Bertz CT molecular complexity index is 611. The van der Waals surface area contributed by atoms with Gasteiger partial charge in [0.05, 0.1) is 14.2 Å². The van der Waals surface area contributed by atoms with Crippen molar-refractivity contribution < 1.29 is 14.6 Å². The van der Waals surface area contributed by atoms with E-state index in [4.69, 9.17) is 21.1 Å². The molecule has 0 radical (unpaired) electrons. The summed E-state index contributed by atoms with van der Waals surface area (Å²) in [4.78, 5) is 0. The third-order valence-corrected chi connectivity index (χ3v) is 3.50. The highest BCUT2D eigenvalue weighted by molar-refractivity contribution is 6.30. The molecule has 0 amide bonds. The molecule has 2 aromatic carbocycles. The Hall–Kier alpha value is -1.71. The maximum absolute atomic E-state index is 10.6. The number of aliphatic hydroxyl groups is 1. The Kier molecular flexibility index (Phi) is 4.53. The van der Waals surface area contributed by atoms with Crippen LogP contribution in [-0.4, -0.2) is 19.3 Å². The third-order valence-electron chi connectivity index (χ3n) is 3.26. The van der Waals surface area contributed by atoms with E-state index in [0.717, 1.165) is 16.9 Å². The van der Waals surface area contributed by atoms with Gasteiger partial charge in [0.2, 0.25) is 0 Å². The van der Waals surface area contributed by atoms with Gasteiger partial charge < -0.3 is 14.6 Å². The van der Waals surface area contributed by atoms with Crippen molar-refractivity contribution in [2.75, 3.05) is 14.2 Å². The molecule has 1 unspecified atom stereocenters. The molecular weight excluding hydrogens is 276 g/mol. The average molecular weight is 293 g/mol. The van der Waals surface area contributed by atoms with E-state index in [1.807, 2.05) is 25.1 Å². The summed E-state index contributed by atoms with van der Waals surface area (Å²) in [5.41, 5.74) is 2.45. The summed E-state index contributed by atoms with van der Waals surface area (Å²) in [5, 5.41) is 11.1. The molecule has 0 heterocycles. The van der Waals surface area contributed by atoms with Gasteiger partial charge in [0.1, 0.15) is 17.6 Å². The summed E-state index contributed by atoms with van der Waals surface area (Å²) < 4.78 is 10.5. The fraction of sp³-hybridized carbons (Fsp3) is 0.250. The van der Waals surface area contributed by atoms with Crippen LogP contribution < -0.4 is 9.47 Å². The van der Waals surface area contributed by atoms with E-state index in [1.54, 1.807) is 32.4 Å². The minimum atomic E-state index is -0.770. The summed E-state index contributed by atoms with van der Waals surface area (Å²) in [6.07, 6.45) is -0.770. The molecule has 0 spiro atoms. The molecule has 0 saturated carbocycles. The standard InChI is InChI=1S/C16H17ClO3/c1-10-8-12(19-2)5-7-13(10)16(18)14-6-4-11(17)9-15(14)20-3/h4-9,16,18H,1-3H3. The van der Waals surface area contributed by atoms with Crippen LogP contribution in [0.2, 0.25) is 5.02 Å². The molecule has 0 aromatic heterocycles. The lowest BCUT2D eigenvalue weighted by Crippen LogP contribution is -2.04. The Labute approximate surface area is 123 Å². The normalized spacial score (nSPS) is 12.1. The molecule has 106 valence electrons. The fourth-order valence-corrected chi connectivity index (χ4v) is 2.32. The van der Waals surface area contributed by atoms with Gasteiger partial charge in [0, 0.05) is 10.6 Å². The largest absolute Gasteiger partial charge is 0.497 e. The first-order valence-corrected chi connectivity index (χ1v) is 6.60. The van der Waals surface area contributed by atoms with Gasteiger partial charge in [-0.05, 0) is 42.3 Å². The van der Waals surface area contributed by atoms with E-state index < -0.39 is 6.10 Å². The zero-order valence-corrected chi connectivity index (χ0v) is 12.4. The highest BCUT2D eigenvalue weighted by Gasteiger charge is 2.17. The van der Waals surface area contributed by atoms with Gasteiger partial charge in [-0.3, -0.25) is 0 Å². The second-order valence-electron chi connectivity index (χ2n) is 4.51. The topological polar surface area (TPSA) is 38.7 Å². The number of ether oxygens (including phenoxy) is 2. The summed E-state index contributed by atoms with van der Waals surface area (Å²) in [6, 6.07) is 10.8. The highest BCUT2D eigenvalue weighted by atomic mass is 35.5. The van der Waals surface area contributed by atoms with Crippen molar-refractivity contribution in [3.63, 3.8) is 0 Å². The van der Waals surface area contributed by atoms with Gasteiger partial charge >= 0.3 is 0 Å². The summed E-state index contributed by atoms with van der Waals surface area (Å²) in [6.45, 7) is 1.93. The molecule has 0 fully saturated rings. The smallest absolute Gasteiger partial charge is 0.126 e. The van der Waals surface area contributed by atoms with Gasteiger partial charge in [-0.25, -0.2) is 0 Å². The van der Waals surface area contributed by atoms with Gasteiger partial charge in [0.15, 0.2) is 0 Å². The average Bonchev–Trinajstić information content (AvgIpc) is 2.46. The number of methoxy groups -OCH3 is 2. The lowest BCUT2D eigenvalue weighted by molar-refractivity contribution is 0.214.